The van der Waals surface area contributed by atoms with E-state index in [0.717, 1.165) is 17.6 Å². The van der Waals surface area contributed by atoms with Gasteiger partial charge in [0.05, 0.1) is 5.52 Å². The van der Waals surface area contributed by atoms with Crippen molar-refractivity contribution < 1.29 is 0 Å². The Balaban J connectivity index is 2.02. The zero-order valence-electron chi connectivity index (χ0n) is 8.35. The molecular formula is C12H13N3. The molecule has 0 radical (unpaired) electrons. The number of para-hydroxylation sites is 1. The highest BCUT2D eigenvalue weighted by Gasteiger charge is 2.33. The molecule has 1 saturated carbocycles. The molecule has 2 unspecified atom stereocenters. The van der Waals surface area contributed by atoms with E-state index in [0.29, 0.717) is 12.1 Å². The van der Waals surface area contributed by atoms with Crippen LogP contribution in [0.1, 0.15) is 6.42 Å². The average molecular weight is 199 g/mol. The standard InChI is InChI=1S/C12H13N3/c13-9-7-12(9)15-11-5-6-14-10-4-2-1-3-8(10)11/h1-6,9,12H,7,13H2,(H,14,15). The predicted octanol–water partition coefficient (Wildman–Crippen LogP) is 1.75. The molecule has 0 spiro atoms. The van der Waals surface area contributed by atoms with E-state index in [1.807, 2.05) is 30.5 Å². The first-order valence-electron chi connectivity index (χ1n) is 5.20. The summed E-state index contributed by atoms with van der Waals surface area (Å²) in [6, 6.07) is 10.9. The lowest BCUT2D eigenvalue weighted by Gasteiger charge is -2.07. The van der Waals surface area contributed by atoms with E-state index < -0.39 is 0 Å². The number of anilines is 1. The van der Waals surface area contributed by atoms with E-state index in [1.165, 1.54) is 5.39 Å². The van der Waals surface area contributed by atoms with Crippen LogP contribution in [0.2, 0.25) is 0 Å². The first kappa shape index (κ1) is 8.68. The van der Waals surface area contributed by atoms with E-state index in [2.05, 4.69) is 16.4 Å². The molecule has 1 fully saturated rings. The van der Waals surface area contributed by atoms with E-state index >= 15 is 0 Å². The van der Waals surface area contributed by atoms with Gasteiger partial charge in [0.2, 0.25) is 0 Å². The lowest BCUT2D eigenvalue weighted by Crippen LogP contribution is -2.13. The highest BCUT2D eigenvalue weighted by atomic mass is 15.0. The third-order valence-corrected chi connectivity index (χ3v) is 2.83. The second kappa shape index (κ2) is 3.21. The van der Waals surface area contributed by atoms with Crippen molar-refractivity contribution in [3.63, 3.8) is 0 Å². The van der Waals surface area contributed by atoms with Gasteiger partial charge in [-0.25, -0.2) is 0 Å². The molecule has 15 heavy (non-hydrogen) atoms. The number of nitrogens with two attached hydrogens (primary N) is 1. The van der Waals surface area contributed by atoms with E-state index in [4.69, 9.17) is 5.73 Å². The number of nitrogens with zero attached hydrogens (tertiary/aromatic N) is 1. The highest BCUT2D eigenvalue weighted by molar-refractivity contribution is 5.91. The minimum Gasteiger partial charge on any atom is -0.380 e. The molecule has 3 heteroatoms. The van der Waals surface area contributed by atoms with E-state index in [1.54, 1.807) is 0 Å². The van der Waals surface area contributed by atoms with Crippen LogP contribution >= 0.6 is 0 Å². The van der Waals surface area contributed by atoms with Crippen molar-refractivity contribution in [3.05, 3.63) is 36.5 Å². The topological polar surface area (TPSA) is 50.9 Å². The fourth-order valence-corrected chi connectivity index (χ4v) is 1.80. The maximum absolute atomic E-state index is 5.78. The molecule has 1 heterocycles. The summed E-state index contributed by atoms with van der Waals surface area (Å²) in [6.45, 7) is 0. The second-order valence-electron chi connectivity index (χ2n) is 4.03. The molecule has 2 atom stereocenters. The summed E-state index contributed by atoms with van der Waals surface area (Å²) in [4.78, 5) is 4.32. The maximum atomic E-state index is 5.78. The van der Waals surface area contributed by atoms with Crippen LogP contribution in [0.5, 0.6) is 0 Å². The summed E-state index contributed by atoms with van der Waals surface area (Å²) in [7, 11) is 0. The van der Waals surface area contributed by atoms with Crippen LogP contribution in [0.3, 0.4) is 0 Å². The third-order valence-electron chi connectivity index (χ3n) is 2.83. The Hall–Kier alpha value is -1.61. The molecule has 2 aromatic rings. The average Bonchev–Trinajstić information content (AvgIpc) is 2.95. The van der Waals surface area contributed by atoms with E-state index in [-0.39, 0.29) is 0 Å². The van der Waals surface area contributed by atoms with E-state index in [9.17, 15) is 0 Å². The van der Waals surface area contributed by atoms with Gasteiger partial charge in [0, 0.05) is 29.4 Å². The van der Waals surface area contributed by atoms with Gasteiger partial charge in [0.15, 0.2) is 0 Å². The van der Waals surface area contributed by atoms with Crippen LogP contribution in [0.25, 0.3) is 10.9 Å². The highest BCUT2D eigenvalue weighted by Crippen LogP contribution is 2.27. The minimum atomic E-state index is 0.317. The van der Waals surface area contributed by atoms with Gasteiger partial charge in [-0.2, -0.15) is 0 Å². The Morgan fingerprint density at radius 3 is 2.87 bits per heavy atom. The van der Waals surface area contributed by atoms with Gasteiger partial charge in [0.1, 0.15) is 0 Å². The molecule has 0 saturated heterocycles. The molecule has 76 valence electrons. The second-order valence-corrected chi connectivity index (χ2v) is 4.03. The fourth-order valence-electron chi connectivity index (χ4n) is 1.80. The summed E-state index contributed by atoms with van der Waals surface area (Å²) in [5.74, 6) is 0. The zero-order valence-corrected chi connectivity index (χ0v) is 8.35. The summed E-state index contributed by atoms with van der Waals surface area (Å²) in [6.07, 6.45) is 2.90. The lowest BCUT2D eigenvalue weighted by molar-refractivity contribution is 1.01. The normalized spacial score (nSPS) is 24.1. The smallest absolute Gasteiger partial charge is 0.0722 e. The number of hydrogen-bond donors (Lipinski definition) is 2. The van der Waals surface area contributed by atoms with Crippen molar-refractivity contribution in [2.45, 2.75) is 18.5 Å². The molecule has 0 aliphatic heterocycles. The largest absolute Gasteiger partial charge is 0.380 e. The molecule has 3 rings (SSSR count). The van der Waals surface area contributed by atoms with Crippen LogP contribution in [-0.4, -0.2) is 17.1 Å². The molecular weight excluding hydrogens is 186 g/mol. The SMILES string of the molecule is NC1CC1Nc1ccnc2ccccc12. The Labute approximate surface area is 88.3 Å². The zero-order chi connectivity index (χ0) is 10.3. The van der Waals surface area contributed by atoms with Gasteiger partial charge >= 0.3 is 0 Å². The first-order valence-corrected chi connectivity index (χ1v) is 5.20. The third kappa shape index (κ3) is 1.55. The van der Waals surface area contributed by atoms with Gasteiger partial charge in [0.25, 0.3) is 0 Å². The van der Waals surface area contributed by atoms with Crippen LogP contribution in [0.4, 0.5) is 5.69 Å². The molecule has 3 N–H and O–H groups in total. The number of aromatic nitrogens is 1. The molecule has 1 aromatic carbocycles. The summed E-state index contributed by atoms with van der Waals surface area (Å²) in [5.41, 5.74) is 7.94. The Morgan fingerprint density at radius 1 is 1.27 bits per heavy atom. The molecule has 0 amide bonds. The number of rotatable bonds is 2. The Bertz CT molecular complexity index is 490. The van der Waals surface area contributed by atoms with Gasteiger partial charge in [-0.1, -0.05) is 18.2 Å². The van der Waals surface area contributed by atoms with Gasteiger partial charge in [-0.3, -0.25) is 4.98 Å². The van der Waals surface area contributed by atoms with Crippen molar-refractivity contribution in [1.29, 1.82) is 0 Å². The summed E-state index contributed by atoms with van der Waals surface area (Å²) in [5, 5.41) is 4.61. The van der Waals surface area contributed by atoms with Crippen molar-refractivity contribution in [1.82, 2.24) is 4.98 Å². The number of nitrogens with one attached hydrogen (secondary N) is 1. The van der Waals surface area contributed by atoms with Crippen LogP contribution in [0, 0.1) is 0 Å². The number of fused-ring (bicyclic) bond motifs is 1. The fraction of sp³-hybridized carbons (Fsp3) is 0.250. The quantitative estimate of drug-likeness (QED) is 0.774. The summed E-state index contributed by atoms with van der Waals surface area (Å²) >= 11 is 0. The van der Waals surface area contributed by atoms with Crippen molar-refractivity contribution >= 4 is 16.6 Å². The Kier molecular flexibility index (Phi) is 1.86. The molecule has 1 aliphatic rings. The first-order chi connectivity index (χ1) is 7.34. The molecule has 0 bridgehead atoms. The van der Waals surface area contributed by atoms with Crippen molar-refractivity contribution in [2.75, 3.05) is 5.32 Å². The number of benzene rings is 1. The van der Waals surface area contributed by atoms with Crippen LogP contribution in [-0.2, 0) is 0 Å². The Morgan fingerprint density at radius 2 is 2.07 bits per heavy atom. The maximum Gasteiger partial charge on any atom is 0.0722 e. The minimum absolute atomic E-state index is 0.317. The molecule has 3 nitrogen and oxygen atoms in total. The van der Waals surface area contributed by atoms with Crippen LogP contribution < -0.4 is 11.1 Å². The number of pyridine rings is 1. The molecule has 1 aromatic heterocycles. The van der Waals surface area contributed by atoms with Gasteiger partial charge in [-0.15, -0.1) is 0 Å². The predicted molar refractivity (Wildman–Crippen MR) is 61.7 cm³/mol. The lowest BCUT2D eigenvalue weighted by atomic mass is 10.2. The van der Waals surface area contributed by atoms with Gasteiger partial charge < -0.3 is 11.1 Å². The molecule has 1 aliphatic carbocycles. The monoisotopic (exact) mass is 199 g/mol. The van der Waals surface area contributed by atoms with Crippen molar-refractivity contribution in [2.24, 2.45) is 5.73 Å². The van der Waals surface area contributed by atoms with Crippen molar-refractivity contribution in [3.8, 4) is 0 Å². The van der Waals surface area contributed by atoms with Crippen LogP contribution in [0.15, 0.2) is 36.5 Å². The van der Waals surface area contributed by atoms with Gasteiger partial charge in [-0.05, 0) is 18.6 Å². The number of hydrogen-bond acceptors (Lipinski definition) is 3. The summed E-state index contributed by atoms with van der Waals surface area (Å²) < 4.78 is 0.